The summed E-state index contributed by atoms with van der Waals surface area (Å²) >= 11 is 1.39. The second kappa shape index (κ2) is 9.07. The maximum atomic E-state index is 14.1. The van der Waals surface area contributed by atoms with E-state index in [0.29, 0.717) is 45.4 Å². The quantitative estimate of drug-likeness (QED) is 0.363. The lowest BCUT2D eigenvalue weighted by molar-refractivity contribution is -0.0298. The van der Waals surface area contributed by atoms with Crippen LogP contribution in [0.15, 0.2) is 47.1 Å². The molecule has 1 aliphatic rings. The topological polar surface area (TPSA) is 99.2 Å². The summed E-state index contributed by atoms with van der Waals surface area (Å²) in [7, 11) is 0. The molecule has 1 aromatic carbocycles. The number of benzene rings is 1. The van der Waals surface area contributed by atoms with Gasteiger partial charge in [-0.15, -0.1) is 11.3 Å². The Hall–Kier alpha value is -3.70. The fourth-order valence-electron chi connectivity index (χ4n) is 4.71. The first-order valence-electron chi connectivity index (χ1n) is 11.8. The fourth-order valence-corrected chi connectivity index (χ4v) is 5.58. The van der Waals surface area contributed by atoms with Crippen molar-refractivity contribution >= 4 is 33.3 Å². The van der Waals surface area contributed by atoms with Gasteiger partial charge < -0.3 is 10.1 Å². The van der Waals surface area contributed by atoms with E-state index in [1.165, 1.54) is 29.8 Å². The van der Waals surface area contributed by atoms with Gasteiger partial charge in [0.2, 0.25) is 0 Å². The molecule has 0 radical (unpaired) electrons. The van der Waals surface area contributed by atoms with Crippen LogP contribution in [0.5, 0.6) is 0 Å². The number of hydrogen-bond acceptors (Lipinski definition) is 8. The Kier molecular flexibility index (Phi) is 5.73. The highest BCUT2D eigenvalue weighted by atomic mass is 32.1. The Labute approximate surface area is 209 Å². The second-order valence-corrected chi connectivity index (χ2v) is 9.75. The van der Waals surface area contributed by atoms with Gasteiger partial charge in [0.1, 0.15) is 18.4 Å². The predicted molar refractivity (Wildman–Crippen MR) is 136 cm³/mol. The molecule has 1 aliphatic heterocycles. The van der Waals surface area contributed by atoms with E-state index in [2.05, 4.69) is 20.3 Å². The minimum absolute atomic E-state index is 0.102. The second-order valence-electron chi connectivity index (χ2n) is 8.92. The standard InChI is InChI=1S/C25H24FN7O2S/c1-14-11-36-25-31-20(19(24(34)33(14)25)16-6-5-7-17(26)10-16)15(2)30-22-21-23(28-12-27-22)32(13-29-21)18-8-3-4-9-35-18/h5-7,10-13,15,18H,3-4,8-9H2,1-2H3,(H,27,28,30)/t15-,18?/m0/s1. The normalized spacial score (nSPS) is 17.0. The van der Waals surface area contributed by atoms with E-state index in [1.54, 1.807) is 22.9 Å². The Bertz CT molecular complexity index is 1640. The van der Waals surface area contributed by atoms with Crippen molar-refractivity contribution in [3.8, 4) is 11.1 Å². The summed E-state index contributed by atoms with van der Waals surface area (Å²) in [5.41, 5.74) is 3.16. The first-order valence-corrected chi connectivity index (χ1v) is 12.7. The van der Waals surface area contributed by atoms with Crippen LogP contribution in [-0.4, -0.2) is 35.5 Å². The minimum atomic E-state index is -0.433. The van der Waals surface area contributed by atoms with Gasteiger partial charge in [-0.3, -0.25) is 13.8 Å². The van der Waals surface area contributed by atoms with Crippen molar-refractivity contribution in [2.45, 2.75) is 45.4 Å². The molecule has 0 amide bonds. The molecule has 11 heteroatoms. The number of aromatic nitrogens is 6. The molecule has 1 saturated heterocycles. The van der Waals surface area contributed by atoms with Gasteiger partial charge in [-0.05, 0) is 50.8 Å². The molecule has 1 fully saturated rings. The fraction of sp³-hybridized carbons (Fsp3) is 0.320. The molecule has 9 nitrogen and oxygen atoms in total. The van der Waals surface area contributed by atoms with Crippen LogP contribution in [0.3, 0.4) is 0 Å². The average molecular weight is 506 g/mol. The number of aryl methyl sites for hydroxylation is 1. The van der Waals surface area contributed by atoms with Crippen molar-refractivity contribution in [2.75, 3.05) is 11.9 Å². The van der Waals surface area contributed by atoms with Gasteiger partial charge >= 0.3 is 0 Å². The number of thiazole rings is 1. The van der Waals surface area contributed by atoms with Crippen molar-refractivity contribution in [1.82, 2.24) is 28.9 Å². The van der Waals surface area contributed by atoms with Crippen molar-refractivity contribution in [3.05, 3.63) is 69.9 Å². The molecule has 2 atom stereocenters. The third-order valence-corrected chi connectivity index (χ3v) is 7.41. The lowest BCUT2D eigenvalue weighted by atomic mass is 10.0. The summed E-state index contributed by atoms with van der Waals surface area (Å²) in [4.78, 5) is 32.5. The lowest BCUT2D eigenvalue weighted by Crippen LogP contribution is -2.23. The molecule has 0 spiro atoms. The lowest BCUT2D eigenvalue weighted by Gasteiger charge is -2.23. The number of halogens is 1. The highest BCUT2D eigenvalue weighted by Gasteiger charge is 2.24. The minimum Gasteiger partial charge on any atom is -0.360 e. The Morgan fingerprint density at radius 1 is 1.25 bits per heavy atom. The number of anilines is 1. The van der Waals surface area contributed by atoms with E-state index >= 15 is 0 Å². The number of fused-ring (bicyclic) bond motifs is 2. The van der Waals surface area contributed by atoms with E-state index in [0.717, 1.165) is 25.0 Å². The van der Waals surface area contributed by atoms with E-state index in [9.17, 15) is 9.18 Å². The van der Waals surface area contributed by atoms with Gasteiger partial charge in [-0.25, -0.2) is 24.3 Å². The SMILES string of the molecule is Cc1csc2nc([C@H](C)Nc3ncnc4c3ncn4C3CCCCO3)c(-c3cccc(F)c3)c(=O)n12. The Morgan fingerprint density at radius 2 is 2.14 bits per heavy atom. The van der Waals surface area contributed by atoms with Gasteiger partial charge in [0.05, 0.1) is 23.6 Å². The van der Waals surface area contributed by atoms with Gasteiger partial charge in [-0.1, -0.05) is 12.1 Å². The molecular formula is C25H24FN7O2S. The van der Waals surface area contributed by atoms with E-state index in [1.807, 2.05) is 23.8 Å². The van der Waals surface area contributed by atoms with E-state index in [4.69, 9.17) is 9.72 Å². The van der Waals surface area contributed by atoms with Gasteiger partial charge in [0.15, 0.2) is 21.9 Å². The molecular weight excluding hydrogens is 481 g/mol. The molecule has 1 N–H and O–H groups in total. The van der Waals surface area contributed by atoms with Gasteiger partial charge in [-0.2, -0.15) is 0 Å². The van der Waals surface area contributed by atoms with Crippen molar-refractivity contribution in [2.24, 2.45) is 0 Å². The number of hydrogen-bond donors (Lipinski definition) is 1. The maximum Gasteiger partial charge on any atom is 0.266 e. The largest absolute Gasteiger partial charge is 0.360 e. The molecule has 184 valence electrons. The molecule has 0 saturated carbocycles. The molecule has 1 unspecified atom stereocenters. The van der Waals surface area contributed by atoms with Crippen molar-refractivity contribution in [3.63, 3.8) is 0 Å². The number of rotatable bonds is 5. The zero-order valence-electron chi connectivity index (χ0n) is 19.8. The summed E-state index contributed by atoms with van der Waals surface area (Å²) in [6, 6.07) is 5.60. The molecule has 0 bridgehead atoms. The highest BCUT2D eigenvalue weighted by Crippen LogP contribution is 2.31. The monoisotopic (exact) mass is 505 g/mol. The maximum absolute atomic E-state index is 14.1. The summed E-state index contributed by atoms with van der Waals surface area (Å²) < 4.78 is 23.6. The Morgan fingerprint density at radius 3 is 2.94 bits per heavy atom. The first kappa shape index (κ1) is 22.7. The molecule has 5 heterocycles. The van der Waals surface area contributed by atoms with Gasteiger partial charge in [0.25, 0.3) is 5.56 Å². The van der Waals surface area contributed by atoms with Gasteiger partial charge in [0, 0.05) is 17.7 Å². The third-order valence-electron chi connectivity index (χ3n) is 6.47. The summed E-state index contributed by atoms with van der Waals surface area (Å²) in [5.74, 6) is 0.107. The van der Waals surface area contributed by atoms with Crippen LogP contribution in [0.2, 0.25) is 0 Å². The van der Waals surface area contributed by atoms with Crippen molar-refractivity contribution < 1.29 is 9.13 Å². The molecule has 6 rings (SSSR count). The Balaban J connectivity index is 1.44. The molecule has 5 aromatic rings. The third kappa shape index (κ3) is 3.84. The number of ether oxygens (including phenoxy) is 1. The zero-order valence-corrected chi connectivity index (χ0v) is 20.6. The van der Waals surface area contributed by atoms with E-state index < -0.39 is 11.9 Å². The summed E-state index contributed by atoms with van der Waals surface area (Å²) in [5, 5.41) is 5.26. The van der Waals surface area contributed by atoms with Crippen LogP contribution in [0.1, 0.15) is 49.8 Å². The summed E-state index contributed by atoms with van der Waals surface area (Å²) in [6.07, 6.45) is 6.16. The number of nitrogens with one attached hydrogen (secondary N) is 1. The van der Waals surface area contributed by atoms with Crippen LogP contribution >= 0.6 is 11.3 Å². The van der Waals surface area contributed by atoms with Crippen LogP contribution in [0.25, 0.3) is 27.3 Å². The molecule has 36 heavy (non-hydrogen) atoms. The zero-order chi connectivity index (χ0) is 24.8. The first-order chi connectivity index (χ1) is 17.5. The smallest absolute Gasteiger partial charge is 0.266 e. The summed E-state index contributed by atoms with van der Waals surface area (Å²) in [6.45, 7) is 4.47. The average Bonchev–Trinajstić information content (AvgIpc) is 3.49. The van der Waals surface area contributed by atoms with Crippen LogP contribution < -0.4 is 10.9 Å². The highest BCUT2D eigenvalue weighted by molar-refractivity contribution is 7.15. The van der Waals surface area contributed by atoms with E-state index in [-0.39, 0.29) is 11.8 Å². The number of nitrogens with zero attached hydrogens (tertiary/aromatic N) is 6. The molecule has 0 aliphatic carbocycles. The predicted octanol–water partition coefficient (Wildman–Crippen LogP) is 4.88. The molecule has 4 aromatic heterocycles. The van der Waals surface area contributed by atoms with Crippen LogP contribution in [0.4, 0.5) is 10.2 Å². The van der Waals surface area contributed by atoms with Crippen LogP contribution in [-0.2, 0) is 4.74 Å². The number of imidazole rings is 1. The van der Waals surface area contributed by atoms with Crippen LogP contribution in [0, 0.1) is 12.7 Å². The van der Waals surface area contributed by atoms with Crippen molar-refractivity contribution in [1.29, 1.82) is 0 Å².